The molecule has 110 valence electrons. The van der Waals surface area contributed by atoms with E-state index in [-0.39, 0.29) is 0 Å². The van der Waals surface area contributed by atoms with Crippen molar-refractivity contribution in [2.45, 2.75) is 0 Å². The van der Waals surface area contributed by atoms with E-state index in [0.29, 0.717) is 5.02 Å². The van der Waals surface area contributed by atoms with E-state index in [1.807, 2.05) is 42.5 Å². The first-order chi connectivity index (χ1) is 11.3. The maximum absolute atomic E-state index is 6.33. The number of hydrogen-bond acceptors (Lipinski definition) is 1. The molecular weight excluding hydrogens is 306 g/mol. The first-order valence-electron chi connectivity index (χ1n) is 7.50. The molecule has 0 aliphatic heterocycles. The van der Waals surface area contributed by atoms with Crippen LogP contribution in [0.1, 0.15) is 0 Å². The zero-order valence-corrected chi connectivity index (χ0v) is 12.9. The lowest BCUT2D eigenvalue weighted by molar-refractivity contribution is 0.658. The van der Waals surface area contributed by atoms with E-state index < -0.39 is 0 Å². The number of benzene rings is 3. The van der Waals surface area contributed by atoms with Gasteiger partial charge < -0.3 is 4.42 Å². The van der Waals surface area contributed by atoms with E-state index in [1.54, 1.807) is 0 Å². The van der Waals surface area contributed by atoms with Gasteiger partial charge in [-0.3, -0.25) is 4.40 Å². The highest BCUT2D eigenvalue weighted by molar-refractivity contribution is 6.34. The van der Waals surface area contributed by atoms with Crippen LogP contribution in [0.15, 0.2) is 77.2 Å². The third-order valence-corrected chi connectivity index (χ3v) is 4.58. The van der Waals surface area contributed by atoms with Gasteiger partial charge in [0.1, 0.15) is 0 Å². The van der Waals surface area contributed by atoms with Crippen LogP contribution < -0.4 is 0 Å². The maximum atomic E-state index is 6.33. The minimum atomic E-state index is 0.634. The first-order valence-corrected chi connectivity index (χ1v) is 7.88. The quantitative estimate of drug-likeness (QED) is 0.362. The number of nitrogens with zero attached hydrogens (tertiary/aromatic N) is 1. The lowest BCUT2D eigenvalue weighted by atomic mass is 10.0. The monoisotopic (exact) mass is 317 g/mol. The number of halogens is 1. The van der Waals surface area contributed by atoms with Gasteiger partial charge in [-0.1, -0.05) is 66.2 Å². The van der Waals surface area contributed by atoms with Crippen LogP contribution >= 0.6 is 11.6 Å². The fourth-order valence-corrected chi connectivity index (χ4v) is 3.52. The van der Waals surface area contributed by atoms with Gasteiger partial charge >= 0.3 is 0 Å². The van der Waals surface area contributed by atoms with Gasteiger partial charge in [-0.25, -0.2) is 0 Å². The largest absolute Gasteiger partial charge is 0.436 e. The van der Waals surface area contributed by atoms with Crippen LogP contribution in [0.2, 0.25) is 5.02 Å². The molecule has 0 aliphatic carbocycles. The predicted molar refractivity (Wildman–Crippen MR) is 95.1 cm³/mol. The van der Waals surface area contributed by atoms with Crippen molar-refractivity contribution in [3.63, 3.8) is 0 Å². The SMILES string of the molecule is Clc1cccc2c1oc1c(-c3ccccc3)c3ccccc3n12. The third-order valence-electron chi connectivity index (χ3n) is 4.28. The molecule has 0 aliphatic rings. The summed E-state index contributed by atoms with van der Waals surface area (Å²) in [6.45, 7) is 0. The minimum absolute atomic E-state index is 0.634. The van der Waals surface area contributed by atoms with E-state index in [2.05, 4.69) is 34.7 Å². The molecule has 23 heavy (non-hydrogen) atoms. The van der Waals surface area contributed by atoms with Crippen molar-refractivity contribution >= 4 is 39.3 Å². The van der Waals surface area contributed by atoms with Crippen molar-refractivity contribution < 1.29 is 4.42 Å². The number of aromatic nitrogens is 1. The summed E-state index contributed by atoms with van der Waals surface area (Å²) in [5.74, 6) is 0. The van der Waals surface area contributed by atoms with Crippen LogP contribution in [0.3, 0.4) is 0 Å². The van der Waals surface area contributed by atoms with Crippen LogP contribution in [-0.4, -0.2) is 4.40 Å². The molecule has 0 N–H and O–H groups in total. The molecule has 0 unspecified atom stereocenters. The van der Waals surface area contributed by atoms with Crippen molar-refractivity contribution in [2.75, 3.05) is 0 Å². The number of rotatable bonds is 1. The fourth-order valence-electron chi connectivity index (χ4n) is 3.31. The Labute approximate surface area is 137 Å². The molecule has 0 bridgehead atoms. The van der Waals surface area contributed by atoms with Crippen molar-refractivity contribution in [3.05, 3.63) is 77.8 Å². The molecule has 0 amide bonds. The molecule has 0 radical (unpaired) electrons. The molecule has 5 aromatic rings. The smallest absolute Gasteiger partial charge is 0.213 e. The number of para-hydroxylation sites is 2. The van der Waals surface area contributed by atoms with Crippen LogP contribution in [0.25, 0.3) is 38.8 Å². The molecule has 3 aromatic carbocycles. The van der Waals surface area contributed by atoms with Gasteiger partial charge in [0.25, 0.3) is 0 Å². The Morgan fingerprint density at radius 1 is 0.739 bits per heavy atom. The van der Waals surface area contributed by atoms with E-state index in [4.69, 9.17) is 16.0 Å². The van der Waals surface area contributed by atoms with Gasteiger partial charge in [0.15, 0.2) is 5.58 Å². The molecule has 2 heterocycles. The molecule has 3 heteroatoms. The van der Waals surface area contributed by atoms with Crippen molar-refractivity contribution in [3.8, 4) is 11.1 Å². The molecule has 2 nitrogen and oxygen atoms in total. The highest BCUT2D eigenvalue weighted by Crippen LogP contribution is 2.40. The Hall–Kier alpha value is -2.71. The topological polar surface area (TPSA) is 17.6 Å². The summed E-state index contributed by atoms with van der Waals surface area (Å²) in [6, 6.07) is 24.5. The number of oxazole rings is 1. The number of fused-ring (bicyclic) bond motifs is 5. The van der Waals surface area contributed by atoms with Crippen LogP contribution in [-0.2, 0) is 0 Å². The summed E-state index contributed by atoms with van der Waals surface area (Å²) >= 11 is 6.33. The standard InChI is InChI=1S/C20H12ClNO/c21-15-10-6-12-17-19(15)23-20-18(13-7-2-1-3-8-13)14-9-4-5-11-16(14)22(17)20/h1-12H. The predicted octanol–water partition coefficient (Wildman–Crippen LogP) is 6.16. The molecule has 5 rings (SSSR count). The summed E-state index contributed by atoms with van der Waals surface area (Å²) in [5, 5.41) is 1.81. The van der Waals surface area contributed by atoms with Gasteiger partial charge in [0, 0.05) is 5.39 Å². The molecule has 0 atom stereocenters. The zero-order valence-electron chi connectivity index (χ0n) is 12.2. The molecule has 0 saturated carbocycles. The van der Waals surface area contributed by atoms with E-state index >= 15 is 0 Å². The molecule has 0 fully saturated rings. The van der Waals surface area contributed by atoms with E-state index in [0.717, 1.165) is 33.5 Å². The lowest BCUT2D eigenvalue weighted by Gasteiger charge is -1.99. The Balaban J connectivity index is 2.07. The molecular formula is C20H12ClNO. The Bertz CT molecular complexity index is 1170. The lowest BCUT2D eigenvalue weighted by Crippen LogP contribution is -1.79. The van der Waals surface area contributed by atoms with Gasteiger partial charge in [0.2, 0.25) is 5.71 Å². The summed E-state index contributed by atoms with van der Waals surface area (Å²) in [4.78, 5) is 0. The Morgan fingerprint density at radius 2 is 1.48 bits per heavy atom. The van der Waals surface area contributed by atoms with Crippen LogP contribution in [0.5, 0.6) is 0 Å². The van der Waals surface area contributed by atoms with Crippen molar-refractivity contribution in [1.29, 1.82) is 0 Å². The minimum Gasteiger partial charge on any atom is -0.436 e. The average molecular weight is 318 g/mol. The Morgan fingerprint density at radius 3 is 2.35 bits per heavy atom. The summed E-state index contributed by atoms with van der Waals surface area (Å²) in [6.07, 6.45) is 0. The summed E-state index contributed by atoms with van der Waals surface area (Å²) in [5.41, 5.74) is 5.93. The van der Waals surface area contributed by atoms with E-state index in [9.17, 15) is 0 Å². The maximum Gasteiger partial charge on any atom is 0.213 e. The van der Waals surface area contributed by atoms with Crippen LogP contribution in [0, 0.1) is 0 Å². The van der Waals surface area contributed by atoms with Gasteiger partial charge in [-0.05, 0) is 23.8 Å². The molecule has 0 saturated heterocycles. The molecule has 2 aromatic heterocycles. The highest BCUT2D eigenvalue weighted by Gasteiger charge is 2.19. The van der Waals surface area contributed by atoms with Gasteiger partial charge in [0.05, 0.1) is 21.6 Å². The summed E-state index contributed by atoms with van der Waals surface area (Å²) in [7, 11) is 0. The zero-order chi connectivity index (χ0) is 15.4. The third kappa shape index (κ3) is 1.70. The van der Waals surface area contributed by atoms with Gasteiger partial charge in [-0.15, -0.1) is 0 Å². The fraction of sp³-hybridized carbons (Fsp3) is 0. The van der Waals surface area contributed by atoms with Crippen LogP contribution in [0.4, 0.5) is 0 Å². The van der Waals surface area contributed by atoms with Crippen molar-refractivity contribution in [2.24, 2.45) is 0 Å². The second-order valence-electron chi connectivity index (χ2n) is 5.59. The Kier molecular flexibility index (Phi) is 2.58. The second-order valence-corrected chi connectivity index (χ2v) is 6.00. The van der Waals surface area contributed by atoms with E-state index in [1.165, 1.54) is 5.39 Å². The first kappa shape index (κ1) is 12.8. The average Bonchev–Trinajstić information content (AvgIpc) is 3.11. The second kappa shape index (κ2) is 4.64. The summed E-state index contributed by atoms with van der Waals surface area (Å²) < 4.78 is 8.34. The number of hydrogen-bond donors (Lipinski definition) is 0. The molecule has 0 spiro atoms. The highest BCUT2D eigenvalue weighted by atomic mass is 35.5. The van der Waals surface area contributed by atoms with Crippen molar-refractivity contribution in [1.82, 2.24) is 4.40 Å². The normalized spacial score (nSPS) is 11.7. The van der Waals surface area contributed by atoms with Gasteiger partial charge in [-0.2, -0.15) is 0 Å².